The third kappa shape index (κ3) is 2.22. The average Bonchev–Trinajstić information content (AvgIpc) is 3.00. The summed E-state index contributed by atoms with van der Waals surface area (Å²) in [5.74, 6) is 0.446. The summed E-state index contributed by atoms with van der Waals surface area (Å²) in [5.41, 5.74) is 6.49. The second-order valence-electron chi connectivity index (χ2n) is 3.75. The molecule has 0 spiro atoms. The van der Waals surface area contributed by atoms with E-state index < -0.39 is 0 Å². The number of anilines is 1. The number of hydrogen-bond acceptors (Lipinski definition) is 5. The summed E-state index contributed by atoms with van der Waals surface area (Å²) in [7, 11) is 0. The van der Waals surface area contributed by atoms with Crippen LogP contribution < -0.4 is 5.73 Å². The number of hydrogen-bond donors (Lipinski definition) is 2. The molecule has 19 heavy (non-hydrogen) atoms. The van der Waals surface area contributed by atoms with Gasteiger partial charge in [-0.25, -0.2) is 4.39 Å². The highest BCUT2D eigenvalue weighted by Crippen LogP contribution is 2.28. The lowest BCUT2D eigenvalue weighted by atomic mass is 10.2. The van der Waals surface area contributed by atoms with Crippen LogP contribution in [0.3, 0.4) is 0 Å². The number of nitrogen functional groups attached to an aromatic ring is 1. The van der Waals surface area contributed by atoms with Crippen molar-refractivity contribution >= 4 is 21.7 Å². The van der Waals surface area contributed by atoms with Crippen LogP contribution in [-0.4, -0.2) is 20.3 Å². The Morgan fingerprint density at radius 1 is 1.32 bits per heavy atom. The lowest BCUT2D eigenvalue weighted by Gasteiger charge is -1.98. The zero-order chi connectivity index (χ0) is 13.4. The van der Waals surface area contributed by atoms with Gasteiger partial charge < -0.3 is 10.3 Å². The van der Waals surface area contributed by atoms with Crippen molar-refractivity contribution in [2.24, 2.45) is 0 Å². The highest BCUT2D eigenvalue weighted by molar-refractivity contribution is 9.10. The molecule has 1 aromatic carbocycles. The summed E-state index contributed by atoms with van der Waals surface area (Å²) >= 11 is 3.31. The van der Waals surface area contributed by atoms with E-state index in [1.807, 2.05) is 0 Å². The predicted molar refractivity (Wildman–Crippen MR) is 69.4 cm³/mol. The van der Waals surface area contributed by atoms with Crippen LogP contribution in [0.4, 0.5) is 10.2 Å². The first kappa shape index (κ1) is 11.8. The fourth-order valence-corrected chi connectivity index (χ4v) is 1.98. The topological polar surface area (TPSA) is 93.6 Å². The zero-order valence-electron chi connectivity index (χ0n) is 9.39. The molecule has 8 heteroatoms. The van der Waals surface area contributed by atoms with Gasteiger partial charge in [0.15, 0.2) is 0 Å². The van der Waals surface area contributed by atoms with Gasteiger partial charge in [-0.1, -0.05) is 21.1 Å². The molecule has 96 valence electrons. The van der Waals surface area contributed by atoms with Crippen LogP contribution in [0.15, 0.2) is 33.3 Å². The molecule has 0 aliphatic carbocycles. The van der Waals surface area contributed by atoms with Crippen molar-refractivity contribution in [1.29, 1.82) is 0 Å². The number of benzene rings is 1. The fourth-order valence-electron chi connectivity index (χ4n) is 1.56. The largest absolute Gasteiger partial charge is 0.382 e. The molecule has 0 bridgehead atoms. The quantitative estimate of drug-likeness (QED) is 0.756. The first-order valence-electron chi connectivity index (χ1n) is 5.24. The second-order valence-corrected chi connectivity index (χ2v) is 4.61. The normalized spacial score (nSPS) is 10.8. The van der Waals surface area contributed by atoms with Crippen molar-refractivity contribution in [2.75, 3.05) is 5.73 Å². The molecule has 0 aliphatic rings. The van der Waals surface area contributed by atoms with Gasteiger partial charge >= 0.3 is 0 Å². The lowest BCUT2D eigenvalue weighted by molar-refractivity contribution is 0.431. The van der Waals surface area contributed by atoms with Crippen LogP contribution in [0.25, 0.3) is 23.0 Å². The fraction of sp³-hybridized carbons (Fsp3) is 0. The summed E-state index contributed by atoms with van der Waals surface area (Å²) in [6.45, 7) is 0. The number of rotatable bonds is 2. The lowest BCUT2D eigenvalue weighted by Crippen LogP contribution is -1.85. The standard InChI is InChI=1S/C11H7BrFN5O/c12-7-2-1-5(13)3-6(7)10-15-11(19-18-10)8-4-9(14)17-16-8/h1-4H,(H3,14,16,17). The number of aromatic nitrogens is 4. The van der Waals surface area contributed by atoms with E-state index in [1.165, 1.54) is 12.1 Å². The van der Waals surface area contributed by atoms with Crippen molar-refractivity contribution in [3.8, 4) is 23.0 Å². The predicted octanol–water partition coefficient (Wildman–Crippen LogP) is 2.61. The van der Waals surface area contributed by atoms with E-state index in [-0.39, 0.29) is 17.5 Å². The van der Waals surface area contributed by atoms with Crippen LogP contribution in [0.5, 0.6) is 0 Å². The molecule has 3 N–H and O–H groups in total. The zero-order valence-corrected chi connectivity index (χ0v) is 11.0. The van der Waals surface area contributed by atoms with Crippen molar-refractivity contribution in [2.45, 2.75) is 0 Å². The smallest absolute Gasteiger partial charge is 0.276 e. The molecule has 6 nitrogen and oxygen atoms in total. The highest BCUT2D eigenvalue weighted by atomic mass is 79.9. The number of nitrogens with one attached hydrogen (secondary N) is 1. The van der Waals surface area contributed by atoms with E-state index >= 15 is 0 Å². The van der Waals surface area contributed by atoms with Gasteiger partial charge in [-0.3, -0.25) is 5.10 Å². The van der Waals surface area contributed by atoms with Gasteiger partial charge in [0.05, 0.1) is 0 Å². The van der Waals surface area contributed by atoms with Crippen LogP contribution in [-0.2, 0) is 0 Å². The Hall–Kier alpha value is -2.22. The van der Waals surface area contributed by atoms with Crippen molar-refractivity contribution in [3.63, 3.8) is 0 Å². The number of aromatic amines is 1. The third-order valence-electron chi connectivity index (χ3n) is 2.42. The number of nitrogens with two attached hydrogens (primary N) is 1. The van der Waals surface area contributed by atoms with Gasteiger partial charge in [-0.05, 0) is 18.2 Å². The third-order valence-corrected chi connectivity index (χ3v) is 3.11. The minimum Gasteiger partial charge on any atom is -0.382 e. The van der Waals surface area contributed by atoms with Crippen molar-refractivity contribution in [1.82, 2.24) is 20.3 Å². The van der Waals surface area contributed by atoms with E-state index in [4.69, 9.17) is 10.3 Å². The van der Waals surface area contributed by atoms with E-state index in [1.54, 1.807) is 12.1 Å². The molecule has 0 aliphatic heterocycles. The Kier molecular flexibility index (Phi) is 2.79. The van der Waals surface area contributed by atoms with Crippen LogP contribution in [0.2, 0.25) is 0 Å². The van der Waals surface area contributed by atoms with Gasteiger partial charge in [0.25, 0.3) is 5.89 Å². The summed E-state index contributed by atoms with van der Waals surface area (Å²) in [6, 6.07) is 5.80. The number of H-pyrrole nitrogens is 1. The molecular weight excluding hydrogens is 317 g/mol. The van der Waals surface area contributed by atoms with Crippen molar-refractivity contribution < 1.29 is 8.91 Å². The molecule has 2 heterocycles. The van der Waals surface area contributed by atoms with Crippen LogP contribution >= 0.6 is 15.9 Å². The SMILES string of the molecule is Nc1cc(-c2nc(-c3cc(F)ccc3Br)no2)[nH]n1. The first-order chi connectivity index (χ1) is 9.13. The maximum absolute atomic E-state index is 13.2. The minimum atomic E-state index is -0.379. The summed E-state index contributed by atoms with van der Waals surface area (Å²) in [5, 5.41) is 10.2. The second kappa shape index (κ2) is 4.47. The Bertz CT molecular complexity index is 738. The maximum Gasteiger partial charge on any atom is 0.276 e. The van der Waals surface area contributed by atoms with E-state index in [0.29, 0.717) is 21.5 Å². The average molecular weight is 324 g/mol. The van der Waals surface area contributed by atoms with Gasteiger partial charge in [0, 0.05) is 16.1 Å². The molecule has 0 saturated heterocycles. The molecule has 3 rings (SSSR count). The van der Waals surface area contributed by atoms with Crippen molar-refractivity contribution in [3.05, 3.63) is 34.6 Å². The molecular formula is C11H7BrFN5O. The van der Waals surface area contributed by atoms with Crippen LogP contribution in [0.1, 0.15) is 0 Å². The first-order valence-corrected chi connectivity index (χ1v) is 6.03. The molecule has 0 radical (unpaired) electrons. The maximum atomic E-state index is 13.2. The van der Waals surface area contributed by atoms with E-state index in [2.05, 4.69) is 36.3 Å². The van der Waals surface area contributed by atoms with Crippen LogP contribution in [0, 0.1) is 5.82 Å². The molecule has 2 aromatic heterocycles. The van der Waals surface area contributed by atoms with Gasteiger partial charge in [-0.2, -0.15) is 10.1 Å². The Labute approximate surface area is 115 Å². The Morgan fingerprint density at radius 2 is 2.16 bits per heavy atom. The van der Waals surface area contributed by atoms with E-state index in [9.17, 15) is 4.39 Å². The molecule has 3 aromatic rings. The number of halogens is 2. The summed E-state index contributed by atoms with van der Waals surface area (Å²) in [6.07, 6.45) is 0. The molecule has 0 unspecified atom stereocenters. The molecule has 0 atom stereocenters. The molecule has 0 fully saturated rings. The molecule has 0 saturated carbocycles. The summed E-state index contributed by atoms with van der Waals surface area (Å²) < 4.78 is 19.0. The Balaban J connectivity index is 2.03. The van der Waals surface area contributed by atoms with Gasteiger partial charge in [0.2, 0.25) is 5.82 Å². The number of nitrogens with zero attached hydrogens (tertiary/aromatic N) is 3. The summed E-state index contributed by atoms with van der Waals surface area (Å²) in [4.78, 5) is 4.16. The minimum absolute atomic E-state index is 0.232. The Morgan fingerprint density at radius 3 is 2.89 bits per heavy atom. The molecule has 0 amide bonds. The highest BCUT2D eigenvalue weighted by Gasteiger charge is 2.15. The van der Waals surface area contributed by atoms with E-state index in [0.717, 1.165) is 0 Å². The van der Waals surface area contributed by atoms with Gasteiger partial charge in [0.1, 0.15) is 17.3 Å². The monoisotopic (exact) mass is 323 g/mol. The van der Waals surface area contributed by atoms with Gasteiger partial charge in [-0.15, -0.1) is 0 Å².